The Labute approximate surface area is 123 Å². The third kappa shape index (κ3) is 1.94. The van der Waals surface area contributed by atoms with Crippen molar-refractivity contribution in [3.8, 4) is 5.75 Å². The van der Waals surface area contributed by atoms with Crippen LogP contribution < -0.4 is 10.2 Å². The van der Waals surface area contributed by atoms with Crippen LogP contribution in [0.5, 0.6) is 5.75 Å². The minimum Gasteiger partial charge on any atom is -0.495 e. The van der Waals surface area contributed by atoms with Crippen LogP contribution in [-0.4, -0.2) is 30.4 Å². The van der Waals surface area contributed by atoms with E-state index < -0.39 is 7.12 Å². The van der Waals surface area contributed by atoms with Crippen LogP contribution in [-0.2, 0) is 9.31 Å². The summed E-state index contributed by atoms with van der Waals surface area (Å²) in [5.41, 5.74) is 1.05. The molecule has 0 N–H and O–H groups in total. The molecule has 0 aliphatic carbocycles. The predicted molar refractivity (Wildman–Crippen MR) is 81.9 cm³/mol. The van der Waals surface area contributed by atoms with Gasteiger partial charge in [0, 0.05) is 11.7 Å². The average molecular weight is 291 g/mol. The monoisotopic (exact) mass is 291 g/mol. The fourth-order valence-electron chi connectivity index (χ4n) is 2.25. The number of fused-ring (bicyclic) bond motifs is 1. The lowest BCUT2D eigenvalue weighted by molar-refractivity contribution is 0.00578. The number of pyridine rings is 1. The molecule has 3 rings (SSSR count). The van der Waals surface area contributed by atoms with Gasteiger partial charge in [-0.15, -0.1) is 11.3 Å². The Morgan fingerprint density at radius 3 is 2.45 bits per heavy atom. The molecule has 0 bridgehead atoms. The standard InChI is InChI=1S/C14H18BNO3S/c1-13(2)14(3,4)19-15(18-13)9-8-16-10-6-7-20-12(10)11(9)17-5/h6-8H,1-5H3. The Bertz CT molecular complexity index is 637. The van der Waals surface area contributed by atoms with Crippen molar-refractivity contribution in [3.63, 3.8) is 0 Å². The zero-order valence-corrected chi connectivity index (χ0v) is 13.2. The molecular weight excluding hydrogens is 273 g/mol. The molecule has 0 saturated carbocycles. The van der Waals surface area contributed by atoms with Crippen LogP contribution in [0.4, 0.5) is 0 Å². The van der Waals surface area contributed by atoms with Crippen molar-refractivity contribution in [1.82, 2.24) is 4.98 Å². The van der Waals surface area contributed by atoms with Crippen LogP contribution in [0.15, 0.2) is 17.6 Å². The average Bonchev–Trinajstić information content (AvgIpc) is 2.91. The molecule has 0 amide bonds. The summed E-state index contributed by atoms with van der Waals surface area (Å²) in [6, 6.07) is 1.98. The van der Waals surface area contributed by atoms with Gasteiger partial charge in [0.25, 0.3) is 0 Å². The summed E-state index contributed by atoms with van der Waals surface area (Å²) < 4.78 is 18.8. The van der Waals surface area contributed by atoms with E-state index in [0.717, 1.165) is 21.4 Å². The van der Waals surface area contributed by atoms with Crippen molar-refractivity contribution in [3.05, 3.63) is 17.6 Å². The van der Waals surface area contributed by atoms with Crippen molar-refractivity contribution in [2.45, 2.75) is 38.9 Å². The Hall–Kier alpha value is -1.11. The molecule has 0 radical (unpaired) electrons. The molecule has 106 valence electrons. The largest absolute Gasteiger partial charge is 0.500 e. The number of hydrogen-bond acceptors (Lipinski definition) is 5. The Morgan fingerprint density at radius 1 is 1.20 bits per heavy atom. The van der Waals surface area contributed by atoms with Crippen molar-refractivity contribution < 1.29 is 14.0 Å². The first-order valence-corrected chi connectivity index (χ1v) is 7.49. The summed E-state index contributed by atoms with van der Waals surface area (Å²) in [4.78, 5) is 4.46. The molecule has 0 spiro atoms. The molecule has 0 aromatic carbocycles. The highest BCUT2D eigenvalue weighted by Gasteiger charge is 2.52. The number of thiophene rings is 1. The van der Waals surface area contributed by atoms with Crippen LogP contribution in [0.3, 0.4) is 0 Å². The van der Waals surface area contributed by atoms with Gasteiger partial charge in [0.2, 0.25) is 0 Å². The van der Waals surface area contributed by atoms with Crippen molar-refractivity contribution in [2.24, 2.45) is 0 Å². The van der Waals surface area contributed by atoms with Crippen LogP contribution >= 0.6 is 11.3 Å². The van der Waals surface area contributed by atoms with E-state index in [4.69, 9.17) is 14.0 Å². The molecule has 0 unspecified atom stereocenters. The molecule has 2 aromatic rings. The van der Waals surface area contributed by atoms with Gasteiger partial charge in [0.1, 0.15) is 5.75 Å². The Morgan fingerprint density at radius 2 is 1.85 bits per heavy atom. The zero-order chi connectivity index (χ0) is 14.5. The van der Waals surface area contributed by atoms with E-state index in [1.807, 2.05) is 39.1 Å². The fourth-order valence-corrected chi connectivity index (χ4v) is 3.13. The zero-order valence-electron chi connectivity index (χ0n) is 12.4. The highest BCUT2D eigenvalue weighted by Crippen LogP contribution is 2.38. The maximum Gasteiger partial charge on any atom is 0.500 e. The number of methoxy groups -OCH3 is 1. The molecular formula is C14H18BNO3S. The van der Waals surface area contributed by atoms with E-state index in [-0.39, 0.29) is 11.2 Å². The van der Waals surface area contributed by atoms with Gasteiger partial charge in [-0.05, 0) is 39.1 Å². The molecule has 4 nitrogen and oxygen atoms in total. The highest BCUT2D eigenvalue weighted by molar-refractivity contribution is 7.17. The normalized spacial score (nSPS) is 20.6. The predicted octanol–water partition coefficient (Wildman–Crippen LogP) is 2.60. The van der Waals surface area contributed by atoms with E-state index in [2.05, 4.69) is 4.98 Å². The minimum atomic E-state index is -0.450. The summed E-state index contributed by atoms with van der Waals surface area (Å²) in [5, 5.41) is 2.01. The third-order valence-corrected chi connectivity index (χ3v) is 5.07. The topological polar surface area (TPSA) is 40.6 Å². The van der Waals surface area contributed by atoms with Crippen LogP contribution in [0.2, 0.25) is 0 Å². The second-order valence-electron chi connectivity index (χ2n) is 5.97. The smallest absolute Gasteiger partial charge is 0.495 e. The fraction of sp³-hybridized carbons (Fsp3) is 0.500. The Kier molecular flexibility index (Phi) is 3.08. The van der Waals surface area contributed by atoms with E-state index in [9.17, 15) is 0 Å². The maximum absolute atomic E-state index is 6.08. The van der Waals surface area contributed by atoms with Gasteiger partial charge in [0.15, 0.2) is 0 Å². The molecule has 2 aromatic heterocycles. The van der Waals surface area contributed by atoms with Gasteiger partial charge in [0.05, 0.1) is 28.5 Å². The number of hydrogen-bond donors (Lipinski definition) is 0. The molecule has 6 heteroatoms. The molecule has 0 atom stereocenters. The summed E-state index contributed by atoms with van der Waals surface area (Å²) in [5.74, 6) is 0.795. The Balaban J connectivity index is 2.07. The summed E-state index contributed by atoms with van der Waals surface area (Å²) >= 11 is 1.61. The van der Waals surface area contributed by atoms with E-state index in [1.54, 1.807) is 24.6 Å². The first-order valence-electron chi connectivity index (χ1n) is 6.61. The lowest BCUT2D eigenvalue weighted by Gasteiger charge is -2.32. The van der Waals surface area contributed by atoms with Gasteiger partial charge in [-0.3, -0.25) is 4.98 Å². The highest BCUT2D eigenvalue weighted by atomic mass is 32.1. The summed E-state index contributed by atoms with van der Waals surface area (Å²) in [7, 11) is 1.22. The van der Waals surface area contributed by atoms with Crippen LogP contribution in [0, 0.1) is 0 Å². The first-order chi connectivity index (χ1) is 9.36. The molecule has 1 fully saturated rings. The van der Waals surface area contributed by atoms with Crippen molar-refractivity contribution >= 4 is 34.1 Å². The molecule has 3 heterocycles. The molecule has 20 heavy (non-hydrogen) atoms. The van der Waals surface area contributed by atoms with E-state index >= 15 is 0 Å². The second-order valence-corrected chi connectivity index (χ2v) is 6.89. The number of aromatic nitrogens is 1. The van der Waals surface area contributed by atoms with Crippen molar-refractivity contribution in [1.29, 1.82) is 0 Å². The van der Waals surface area contributed by atoms with Crippen LogP contribution in [0.1, 0.15) is 27.7 Å². The maximum atomic E-state index is 6.08. The number of nitrogens with zero attached hydrogens (tertiary/aromatic N) is 1. The first kappa shape index (κ1) is 13.9. The second kappa shape index (κ2) is 4.45. The number of rotatable bonds is 2. The quantitative estimate of drug-likeness (QED) is 0.797. The number of ether oxygens (including phenoxy) is 1. The van der Waals surface area contributed by atoms with Crippen molar-refractivity contribution in [2.75, 3.05) is 7.11 Å². The summed E-state index contributed by atoms with van der Waals surface area (Å²) in [6.45, 7) is 8.15. The van der Waals surface area contributed by atoms with Gasteiger partial charge in [-0.25, -0.2) is 0 Å². The minimum absolute atomic E-state index is 0.368. The lowest BCUT2D eigenvalue weighted by Crippen LogP contribution is -2.41. The van der Waals surface area contributed by atoms with Gasteiger partial charge >= 0.3 is 7.12 Å². The van der Waals surface area contributed by atoms with E-state index in [1.165, 1.54) is 0 Å². The molecule has 1 aliphatic heterocycles. The van der Waals surface area contributed by atoms with Gasteiger partial charge < -0.3 is 14.0 Å². The van der Waals surface area contributed by atoms with Crippen LogP contribution in [0.25, 0.3) is 10.2 Å². The lowest BCUT2D eigenvalue weighted by atomic mass is 9.79. The SMILES string of the molecule is COc1c(B2OC(C)(C)C(C)(C)O2)cnc2ccsc12. The molecule has 1 saturated heterocycles. The van der Waals surface area contributed by atoms with Gasteiger partial charge in [-0.2, -0.15) is 0 Å². The summed E-state index contributed by atoms with van der Waals surface area (Å²) in [6.07, 6.45) is 1.79. The van der Waals surface area contributed by atoms with E-state index in [0.29, 0.717) is 0 Å². The third-order valence-electron chi connectivity index (χ3n) is 4.17. The molecule has 1 aliphatic rings. The van der Waals surface area contributed by atoms with Gasteiger partial charge in [-0.1, -0.05) is 0 Å².